The van der Waals surface area contributed by atoms with Crippen molar-refractivity contribution < 1.29 is 45.3 Å². The van der Waals surface area contributed by atoms with Gasteiger partial charge in [-0.25, -0.2) is 0 Å². The summed E-state index contributed by atoms with van der Waals surface area (Å²) >= 11 is 0. The smallest absolute Gasteiger partial charge is 0.204 e. The maximum Gasteiger partial charge on any atom is 0.204 e. The first-order valence-electron chi connectivity index (χ1n) is 17.3. The number of phenols is 8. The molecule has 55 heavy (non-hydrogen) atoms. The summed E-state index contributed by atoms with van der Waals surface area (Å²) in [6.45, 7) is 0. The van der Waals surface area contributed by atoms with Crippen molar-refractivity contribution in [1.29, 1.82) is 0 Å². The fourth-order valence-electron chi connectivity index (χ4n) is 8.18. The first-order valence-corrected chi connectivity index (χ1v) is 17.3. The van der Waals surface area contributed by atoms with Crippen LogP contribution in [0.2, 0.25) is 0 Å². The largest absolute Gasteiger partial charge is 0.504 e. The van der Waals surface area contributed by atoms with E-state index in [9.17, 15) is 40.9 Å². The van der Waals surface area contributed by atoms with Crippen LogP contribution in [0.3, 0.4) is 0 Å². The summed E-state index contributed by atoms with van der Waals surface area (Å²) in [4.78, 5) is 0. The van der Waals surface area contributed by atoms with Gasteiger partial charge in [-0.05, 0) is 68.1 Å². The van der Waals surface area contributed by atoms with E-state index in [2.05, 4.69) is 18.2 Å². The van der Waals surface area contributed by atoms with E-state index in [4.69, 9.17) is 4.42 Å². The van der Waals surface area contributed by atoms with Crippen LogP contribution in [0.4, 0.5) is 0 Å². The van der Waals surface area contributed by atoms with Gasteiger partial charge in [0, 0.05) is 43.4 Å². The number of hydrogen-bond acceptors (Lipinski definition) is 9. The zero-order chi connectivity index (χ0) is 37.9. The molecule has 0 unspecified atom stereocenters. The lowest BCUT2D eigenvalue weighted by Crippen LogP contribution is -1.95. The van der Waals surface area contributed by atoms with Crippen LogP contribution in [-0.4, -0.2) is 40.9 Å². The Morgan fingerprint density at radius 2 is 0.782 bits per heavy atom. The van der Waals surface area contributed by atoms with Gasteiger partial charge in [0.25, 0.3) is 0 Å². The lowest BCUT2D eigenvalue weighted by atomic mass is 9.82. The SMILES string of the molecule is Oc1c(O)c(O)c2c(-c3ccc(-c4ccc5oc6cc7ccccc7cc6c5c4)c4ccccc34)c3c(O)c(O)c(O)c(O)c3c(-c3ccccc3)c2c1O. The summed E-state index contributed by atoms with van der Waals surface area (Å²) < 4.78 is 6.25. The molecule has 1 aromatic heterocycles. The van der Waals surface area contributed by atoms with Crippen LogP contribution in [0.1, 0.15) is 0 Å². The van der Waals surface area contributed by atoms with Crippen molar-refractivity contribution in [2.24, 2.45) is 0 Å². The van der Waals surface area contributed by atoms with Gasteiger partial charge in [0.15, 0.2) is 23.0 Å². The highest BCUT2D eigenvalue weighted by Crippen LogP contribution is 2.62. The number of fused-ring (bicyclic) bond motifs is 7. The van der Waals surface area contributed by atoms with Crippen molar-refractivity contribution in [2.75, 3.05) is 0 Å². The van der Waals surface area contributed by atoms with Gasteiger partial charge < -0.3 is 45.3 Å². The molecule has 266 valence electrons. The third kappa shape index (κ3) is 4.35. The molecule has 0 aliphatic heterocycles. The van der Waals surface area contributed by atoms with Crippen molar-refractivity contribution in [3.63, 3.8) is 0 Å². The molecule has 9 heteroatoms. The fraction of sp³-hybridized carbons (Fsp3) is 0. The van der Waals surface area contributed by atoms with Gasteiger partial charge >= 0.3 is 0 Å². The molecule has 0 atom stereocenters. The maximum absolute atomic E-state index is 11.7. The average molecular weight is 725 g/mol. The van der Waals surface area contributed by atoms with Crippen LogP contribution in [0.25, 0.3) is 98.4 Å². The van der Waals surface area contributed by atoms with Gasteiger partial charge in [-0.1, -0.05) is 97.1 Å². The molecule has 0 radical (unpaired) electrons. The maximum atomic E-state index is 11.7. The molecule has 9 nitrogen and oxygen atoms in total. The molecule has 10 aromatic rings. The van der Waals surface area contributed by atoms with E-state index in [1.165, 1.54) is 0 Å². The Kier molecular flexibility index (Phi) is 6.59. The molecule has 0 amide bonds. The van der Waals surface area contributed by atoms with Gasteiger partial charge in [-0.2, -0.15) is 0 Å². The Hall–Kier alpha value is -7.78. The molecule has 0 saturated heterocycles. The first kappa shape index (κ1) is 31.9. The molecule has 0 saturated carbocycles. The zero-order valence-electron chi connectivity index (χ0n) is 28.5. The van der Waals surface area contributed by atoms with Crippen LogP contribution in [-0.2, 0) is 0 Å². The summed E-state index contributed by atoms with van der Waals surface area (Å²) in [5, 5.41) is 94.6. The van der Waals surface area contributed by atoms with Gasteiger partial charge in [0.1, 0.15) is 11.2 Å². The molecular formula is C46H28O9. The second kappa shape index (κ2) is 11.4. The van der Waals surface area contributed by atoms with E-state index in [1.54, 1.807) is 42.5 Å². The standard InChI is InChI=1S/C46H28O9/c47-39-35-33(21-8-2-1-3-9-21)36-38(42(50)46(54)44(52)40(36)48)34(37(35)41(49)45(53)43(39)51)28-16-15-25(26-12-6-7-13-27(26)28)24-14-17-31-29(19-24)30-18-22-10-4-5-11-23(22)20-32(30)55-31/h1-20,47-54H. The third-order valence-electron chi connectivity index (χ3n) is 10.7. The van der Waals surface area contributed by atoms with Gasteiger partial charge in [-0.15, -0.1) is 0 Å². The lowest BCUT2D eigenvalue weighted by molar-refractivity contribution is 0.350. The molecule has 0 aliphatic rings. The highest BCUT2D eigenvalue weighted by molar-refractivity contribution is 6.30. The van der Waals surface area contributed by atoms with Gasteiger partial charge in [-0.3, -0.25) is 0 Å². The molecular weight excluding hydrogens is 696 g/mol. The molecule has 8 N–H and O–H groups in total. The Morgan fingerprint density at radius 1 is 0.309 bits per heavy atom. The second-order valence-electron chi connectivity index (χ2n) is 13.6. The number of benzene rings is 9. The van der Waals surface area contributed by atoms with Crippen molar-refractivity contribution in [2.45, 2.75) is 0 Å². The molecule has 1 heterocycles. The summed E-state index contributed by atoms with van der Waals surface area (Å²) in [5.41, 5.74) is 3.87. The topological polar surface area (TPSA) is 175 Å². The summed E-state index contributed by atoms with van der Waals surface area (Å²) in [6, 6.07) is 37.5. The van der Waals surface area contributed by atoms with Crippen LogP contribution in [0.5, 0.6) is 46.0 Å². The monoisotopic (exact) mass is 724 g/mol. The minimum Gasteiger partial charge on any atom is -0.504 e. The number of rotatable bonds is 3. The predicted molar refractivity (Wildman–Crippen MR) is 213 cm³/mol. The zero-order valence-corrected chi connectivity index (χ0v) is 28.5. The molecule has 0 aliphatic carbocycles. The van der Waals surface area contributed by atoms with E-state index in [0.717, 1.165) is 49.2 Å². The number of hydrogen-bond donors (Lipinski definition) is 8. The molecule has 9 aromatic carbocycles. The Balaban J connectivity index is 1.33. The predicted octanol–water partition coefficient (Wildman–Crippen LogP) is 10.8. The van der Waals surface area contributed by atoms with E-state index in [-0.39, 0.29) is 32.7 Å². The lowest BCUT2D eigenvalue weighted by Gasteiger charge is -2.23. The molecule has 0 bridgehead atoms. The van der Waals surface area contributed by atoms with Crippen molar-refractivity contribution in [1.82, 2.24) is 0 Å². The van der Waals surface area contributed by atoms with E-state index in [1.807, 2.05) is 60.7 Å². The van der Waals surface area contributed by atoms with Crippen LogP contribution in [0, 0.1) is 0 Å². The highest BCUT2D eigenvalue weighted by atomic mass is 16.4. The van der Waals surface area contributed by atoms with E-state index in [0.29, 0.717) is 16.5 Å². The summed E-state index contributed by atoms with van der Waals surface area (Å²) in [7, 11) is 0. The van der Waals surface area contributed by atoms with Gasteiger partial charge in [0.05, 0.1) is 0 Å². The first-order chi connectivity index (χ1) is 26.6. The number of aromatic hydroxyl groups is 8. The van der Waals surface area contributed by atoms with E-state index >= 15 is 0 Å². The third-order valence-corrected chi connectivity index (χ3v) is 10.7. The average Bonchev–Trinajstić information content (AvgIpc) is 3.57. The summed E-state index contributed by atoms with van der Waals surface area (Å²) in [6.07, 6.45) is 0. The van der Waals surface area contributed by atoms with E-state index < -0.39 is 46.0 Å². The van der Waals surface area contributed by atoms with Crippen LogP contribution < -0.4 is 0 Å². The van der Waals surface area contributed by atoms with Crippen molar-refractivity contribution in [3.05, 3.63) is 121 Å². The quantitative estimate of drug-likeness (QED) is 0.0501. The van der Waals surface area contributed by atoms with Crippen molar-refractivity contribution >= 4 is 65.0 Å². The van der Waals surface area contributed by atoms with Crippen molar-refractivity contribution in [3.8, 4) is 79.4 Å². The summed E-state index contributed by atoms with van der Waals surface area (Å²) in [5.74, 6) is -7.39. The minimum absolute atomic E-state index is 0.00473. The molecule has 10 rings (SSSR count). The Bertz CT molecular complexity index is 3210. The van der Waals surface area contributed by atoms with Gasteiger partial charge in [0.2, 0.25) is 23.0 Å². The number of furan rings is 1. The Labute approximate surface area is 310 Å². The highest BCUT2D eigenvalue weighted by Gasteiger charge is 2.32. The normalized spacial score (nSPS) is 11.9. The second-order valence-corrected chi connectivity index (χ2v) is 13.6. The number of phenolic OH excluding ortho intramolecular Hbond substituents is 8. The fourth-order valence-corrected chi connectivity index (χ4v) is 8.18. The van der Waals surface area contributed by atoms with Crippen LogP contribution >= 0.6 is 0 Å². The minimum atomic E-state index is -1.02. The molecule has 0 spiro atoms. The van der Waals surface area contributed by atoms with Crippen LogP contribution in [0.15, 0.2) is 126 Å². The molecule has 0 fully saturated rings. The Morgan fingerprint density at radius 3 is 1.38 bits per heavy atom.